The Balaban J connectivity index is 0.973. The van der Waals surface area contributed by atoms with Gasteiger partial charge in [-0.05, 0) is 195 Å². The average molecular weight is 1260 g/mol. The van der Waals surface area contributed by atoms with Crippen LogP contribution in [0.3, 0.4) is 0 Å². The Morgan fingerprint density at radius 2 is 0.400 bits per heavy atom. The van der Waals surface area contributed by atoms with Gasteiger partial charge in [-0.25, -0.2) is 0 Å². The molecule has 0 amide bonds. The summed E-state index contributed by atoms with van der Waals surface area (Å²) >= 11 is 23.5. The molecule has 0 saturated heterocycles. The van der Waals surface area contributed by atoms with E-state index in [1.807, 2.05) is 136 Å². The molecule has 0 nitrogen and oxygen atoms in total. The molecule has 0 fully saturated rings. The van der Waals surface area contributed by atoms with E-state index in [1.54, 1.807) is 0 Å². The smallest absolute Gasteiger partial charge is 0.0732 e. The van der Waals surface area contributed by atoms with Crippen LogP contribution in [0.2, 0.25) is 0 Å². The molecule has 0 spiro atoms. The van der Waals surface area contributed by atoms with Crippen molar-refractivity contribution in [1.29, 1.82) is 0 Å². The first-order chi connectivity index (χ1) is 39.4. The third-order valence-electron chi connectivity index (χ3n) is 15.4. The van der Waals surface area contributed by atoms with Crippen LogP contribution < -0.4 is 0 Å². The van der Waals surface area contributed by atoms with Crippen molar-refractivity contribution in [1.82, 2.24) is 0 Å². The molecular weight excluding hydrogens is 1200 g/mol. The Morgan fingerprint density at radius 1 is 0.212 bits per heavy atom. The lowest BCUT2D eigenvalue weighted by molar-refractivity contribution is 0.527. The molecule has 0 aliphatic carbocycles. The minimum Gasteiger partial charge on any atom is -0.138 e. The maximum Gasteiger partial charge on any atom is 0.0732 e. The van der Waals surface area contributed by atoms with Crippen molar-refractivity contribution in [2.24, 2.45) is 0 Å². The van der Waals surface area contributed by atoms with E-state index in [2.05, 4.69) is 196 Å². The minimum absolute atomic E-state index is 0.278. The molecule has 0 unspecified atom stereocenters. The molecule has 0 N–H and O–H groups in total. The topological polar surface area (TPSA) is 0 Å². The molecular formula is C68H56S12. The van der Waals surface area contributed by atoms with E-state index < -0.39 is 0 Å². The fourth-order valence-electron chi connectivity index (χ4n) is 11.2. The number of hydrogen-bond acceptors (Lipinski definition) is 12. The summed E-state index contributed by atoms with van der Waals surface area (Å²) in [5, 5.41) is 0. The summed E-state index contributed by atoms with van der Waals surface area (Å²) in [6, 6.07) is 57.5. The highest BCUT2D eigenvalue weighted by atomic mass is 32.1. The van der Waals surface area contributed by atoms with Crippen molar-refractivity contribution in [3.05, 3.63) is 204 Å². The molecule has 400 valence electrons. The fourth-order valence-corrected chi connectivity index (χ4v) is 25.2. The summed E-state index contributed by atoms with van der Waals surface area (Å²) in [6.07, 6.45) is 25.9. The van der Waals surface area contributed by atoms with Crippen molar-refractivity contribution < 1.29 is 0 Å². The van der Waals surface area contributed by atoms with Crippen LogP contribution in [0.1, 0.15) is 137 Å². The van der Waals surface area contributed by atoms with Gasteiger partial charge in [0.2, 0.25) is 0 Å². The second-order valence-corrected chi connectivity index (χ2v) is 33.8. The second-order valence-electron chi connectivity index (χ2n) is 20.6. The van der Waals surface area contributed by atoms with Gasteiger partial charge in [0, 0.05) is 117 Å². The SMILES string of the molecule is CCCCCCC12c3ccc(s3)-c3ccc(s3)/C=C\c3ccc(s3)-c3ccc(s3)C(CCCCCC)(c3ccc(s3)-c3ccc(s3)/C=C\c3ccc(s3)-c3ccc1s3)c1ccc(s1)-c1ccc(s1)/C=C\c1ccc(s1)-c1ccc2s1. The molecule has 12 aromatic rings. The lowest BCUT2D eigenvalue weighted by Crippen LogP contribution is -2.26. The number of rotatable bonds is 10. The Hall–Kier alpha value is -4.38. The molecule has 0 atom stereocenters. The van der Waals surface area contributed by atoms with E-state index >= 15 is 0 Å². The molecule has 0 radical (unpaired) electrons. The number of unbranched alkanes of at least 4 members (excludes halogenated alkanes) is 6. The Labute approximate surface area is 518 Å². The summed E-state index contributed by atoms with van der Waals surface area (Å²) < 4.78 is 0. The minimum atomic E-state index is -0.278. The summed E-state index contributed by atoms with van der Waals surface area (Å²) in [5.74, 6) is 0. The van der Waals surface area contributed by atoms with Gasteiger partial charge in [0.25, 0.3) is 0 Å². The van der Waals surface area contributed by atoms with E-state index in [1.165, 1.54) is 168 Å². The molecule has 12 heteroatoms. The summed E-state index contributed by atoms with van der Waals surface area (Å²) in [5.41, 5.74) is -0.555. The lowest BCUT2D eigenvalue weighted by Gasteiger charge is -2.32. The first-order valence-electron chi connectivity index (χ1n) is 27.7. The molecule has 26 bridgehead atoms. The summed E-state index contributed by atoms with van der Waals surface area (Å²) in [4.78, 5) is 32.5. The molecule has 3 aliphatic heterocycles. The van der Waals surface area contributed by atoms with Crippen LogP contribution in [0.5, 0.6) is 0 Å². The van der Waals surface area contributed by atoms with Gasteiger partial charge in [0.05, 0.1) is 10.8 Å². The molecule has 3 aliphatic rings. The third kappa shape index (κ3) is 10.5. The van der Waals surface area contributed by atoms with Crippen molar-refractivity contribution in [2.75, 3.05) is 0 Å². The van der Waals surface area contributed by atoms with Gasteiger partial charge in [0.1, 0.15) is 0 Å². The highest BCUT2D eigenvalue weighted by Gasteiger charge is 2.42. The van der Waals surface area contributed by atoms with Crippen LogP contribution in [0.15, 0.2) is 146 Å². The van der Waals surface area contributed by atoms with E-state index in [9.17, 15) is 0 Å². The fraction of sp³-hybridized carbons (Fsp3) is 0.206. The van der Waals surface area contributed by atoms with Gasteiger partial charge in [-0.1, -0.05) is 65.2 Å². The molecule has 15 rings (SSSR count). The number of thiophene rings is 12. The third-order valence-corrected chi connectivity index (χ3v) is 30.4. The lowest BCUT2D eigenvalue weighted by atomic mass is 9.78. The molecule has 15 heterocycles. The van der Waals surface area contributed by atoms with Crippen LogP contribution in [0, 0.1) is 0 Å². The normalized spacial score (nSPS) is 17.8. The van der Waals surface area contributed by atoms with Crippen LogP contribution >= 0.6 is 136 Å². The zero-order valence-corrected chi connectivity index (χ0v) is 54.1. The highest BCUT2D eigenvalue weighted by molar-refractivity contribution is 7.27. The molecule has 12 aromatic heterocycles. The van der Waals surface area contributed by atoms with Gasteiger partial charge >= 0.3 is 0 Å². The average Bonchev–Trinajstić information content (AvgIpc) is 4.43. The summed E-state index contributed by atoms with van der Waals surface area (Å²) in [7, 11) is 0. The van der Waals surface area contributed by atoms with Gasteiger partial charge in [0.15, 0.2) is 0 Å². The van der Waals surface area contributed by atoms with Gasteiger partial charge in [-0.3, -0.25) is 0 Å². The zero-order chi connectivity index (χ0) is 53.6. The second kappa shape index (κ2) is 23.3. The predicted molar refractivity (Wildman–Crippen MR) is 370 cm³/mol. The first-order valence-corrected chi connectivity index (χ1v) is 37.5. The van der Waals surface area contributed by atoms with Crippen LogP contribution in [-0.4, -0.2) is 0 Å². The number of hydrogen-bond donors (Lipinski definition) is 0. The van der Waals surface area contributed by atoms with Crippen LogP contribution in [-0.2, 0) is 10.8 Å². The van der Waals surface area contributed by atoms with Gasteiger partial charge in [-0.15, -0.1) is 136 Å². The Bertz CT molecular complexity index is 3490. The van der Waals surface area contributed by atoms with Crippen molar-refractivity contribution in [3.8, 4) is 58.5 Å². The van der Waals surface area contributed by atoms with Gasteiger partial charge < -0.3 is 0 Å². The first kappa shape index (κ1) is 53.6. The van der Waals surface area contributed by atoms with Crippen molar-refractivity contribution >= 4 is 172 Å². The summed E-state index contributed by atoms with van der Waals surface area (Å²) in [6.45, 7) is 4.66. The maximum atomic E-state index is 2.48. The quantitative estimate of drug-likeness (QED) is 0.120. The highest BCUT2D eigenvalue weighted by Crippen LogP contribution is 2.57. The van der Waals surface area contributed by atoms with E-state index in [0.717, 1.165) is 12.8 Å². The van der Waals surface area contributed by atoms with E-state index in [4.69, 9.17) is 0 Å². The monoisotopic (exact) mass is 1260 g/mol. The standard InChI is InChI=1S/C68H56S12/c1-3-5-7-9-41-67-61-35-29-55(75-61)49-23-17-43(69-49)11-14-46-20-26-52(72-46)58-32-38-64(78-58)68(42-10-8-6-4-2,65-39-33-59(79-65)53-27-21-47(73-53)15-12-44-18-24-50(70-44)56-30-36-62(67)76-56)66-40-34-60(80-66)54-28-22-48(74-54)16-13-45-19-25-51(71-45)57-31-37-63(67)77-57/h11-40H,3-10,41-42H2,1-2H3/b14-11-,15-12-,16-13-. The van der Waals surface area contributed by atoms with Crippen molar-refractivity contribution in [2.45, 2.75) is 88.9 Å². The van der Waals surface area contributed by atoms with E-state index in [0.29, 0.717) is 0 Å². The molecule has 80 heavy (non-hydrogen) atoms. The van der Waals surface area contributed by atoms with Crippen LogP contribution in [0.25, 0.3) is 95.0 Å². The largest absolute Gasteiger partial charge is 0.138 e. The van der Waals surface area contributed by atoms with E-state index in [-0.39, 0.29) is 10.8 Å². The maximum absolute atomic E-state index is 2.48. The Kier molecular flexibility index (Phi) is 15.6. The van der Waals surface area contributed by atoms with Crippen LogP contribution in [0.4, 0.5) is 0 Å². The molecule has 0 aromatic carbocycles. The van der Waals surface area contributed by atoms with Crippen molar-refractivity contribution in [3.63, 3.8) is 0 Å². The predicted octanol–water partition coefficient (Wildman–Crippen LogP) is 26.2. The Morgan fingerprint density at radius 3 is 0.600 bits per heavy atom. The zero-order valence-electron chi connectivity index (χ0n) is 44.3. The van der Waals surface area contributed by atoms with Gasteiger partial charge in [-0.2, -0.15) is 0 Å². The molecule has 0 saturated carbocycles.